The summed E-state index contributed by atoms with van der Waals surface area (Å²) < 4.78 is 11.2. The Morgan fingerprint density at radius 1 is 1.19 bits per heavy atom. The predicted molar refractivity (Wildman–Crippen MR) is 143 cm³/mol. The molecule has 0 saturated heterocycles. The minimum Gasteiger partial charge on any atom is -0.504 e. The van der Waals surface area contributed by atoms with E-state index in [1.165, 1.54) is 19.6 Å². The van der Waals surface area contributed by atoms with Gasteiger partial charge in [-0.1, -0.05) is 39.3 Å². The van der Waals surface area contributed by atoms with Crippen molar-refractivity contribution in [1.82, 2.24) is 0 Å². The number of hydrogen-bond acceptors (Lipinski definition) is 6. The average Bonchev–Trinajstić information content (AvgIpc) is 3.37. The van der Waals surface area contributed by atoms with Crippen LogP contribution in [-0.2, 0) is 14.3 Å². The van der Waals surface area contributed by atoms with Crippen LogP contribution in [0.4, 0.5) is 0 Å². The van der Waals surface area contributed by atoms with Crippen molar-refractivity contribution in [2.45, 2.75) is 84.7 Å². The van der Waals surface area contributed by atoms with Gasteiger partial charge in [-0.3, -0.25) is 14.6 Å². The molecule has 0 unspecified atom stereocenters. The molecule has 1 aliphatic heterocycles. The lowest BCUT2D eigenvalue weighted by atomic mass is 9.67. The third-order valence-electron chi connectivity index (χ3n) is 7.82. The number of Topliss-reactive ketones (excluding diaryl/α,β-unsaturated/α-hetero) is 1. The zero-order chi connectivity index (χ0) is 26.2. The third kappa shape index (κ3) is 7.44. The van der Waals surface area contributed by atoms with Crippen molar-refractivity contribution >= 4 is 18.0 Å². The van der Waals surface area contributed by atoms with Crippen molar-refractivity contribution in [3.05, 3.63) is 35.4 Å². The molecule has 0 bridgehead atoms. The maximum atomic E-state index is 13.5. The summed E-state index contributed by atoms with van der Waals surface area (Å²) in [7, 11) is 1.53. The van der Waals surface area contributed by atoms with Crippen molar-refractivity contribution in [1.29, 1.82) is 0 Å². The van der Waals surface area contributed by atoms with Crippen LogP contribution in [0.15, 0.2) is 34.8 Å². The number of phenolic OH excluding ortho intramolecular Hbond substituents is 1. The fourth-order valence-electron chi connectivity index (χ4n) is 6.04. The van der Waals surface area contributed by atoms with Gasteiger partial charge in [0.25, 0.3) is 0 Å². The van der Waals surface area contributed by atoms with Gasteiger partial charge in [0.1, 0.15) is 11.9 Å². The average molecular weight is 498 g/mol. The monoisotopic (exact) mass is 497 g/mol. The van der Waals surface area contributed by atoms with Gasteiger partial charge in [-0.25, -0.2) is 0 Å². The van der Waals surface area contributed by atoms with Crippen LogP contribution >= 0.6 is 0 Å². The van der Waals surface area contributed by atoms with Gasteiger partial charge in [0.2, 0.25) is 0 Å². The maximum Gasteiger partial charge on any atom is 0.302 e. The van der Waals surface area contributed by atoms with Gasteiger partial charge >= 0.3 is 5.97 Å². The quantitative estimate of drug-likeness (QED) is 0.344. The highest BCUT2D eigenvalue weighted by Crippen LogP contribution is 2.43. The summed E-state index contributed by atoms with van der Waals surface area (Å²) in [6, 6.07) is 5.33. The summed E-state index contributed by atoms with van der Waals surface area (Å²) in [4.78, 5) is 30.1. The number of ether oxygens (including phenoxy) is 2. The third-order valence-corrected chi connectivity index (χ3v) is 7.82. The Labute approximate surface area is 216 Å². The molecule has 198 valence electrons. The van der Waals surface area contributed by atoms with Gasteiger partial charge in [0.15, 0.2) is 11.5 Å². The molecule has 0 amide bonds. The number of benzene rings is 1. The Morgan fingerprint density at radius 2 is 1.97 bits per heavy atom. The largest absolute Gasteiger partial charge is 0.504 e. The summed E-state index contributed by atoms with van der Waals surface area (Å²) in [5, 5.41) is 10.0. The maximum absolute atomic E-state index is 13.5. The van der Waals surface area contributed by atoms with Crippen LogP contribution in [0.3, 0.4) is 0 Å². The first kappa shape index (κ1) is 27.9. The van der Waals surface area contributed by atoms with E-state index >= 15 is 0 Å². The van der Waals surface area contributed by atoms with Crippen molar-refractivity contribution in [3.8, 4) is 11.5 Å². The van der Waals surface area contributed by atoms with Gasteiger partial charge < -0.3 is 14.6 Å². The fraction of sp³-hybridized carbons (Fsp3) is 0.633. The normalized spacial score (nSPS) is 23.3. The van der Waals surface area contributed by atoms with E-state index in [1.54, 1.807) is 6.07 Å². The number of ketones is 1. The molecule has 0 aromatic heterocycles. The van der Waals surface area contributed by atoms with Crippen molar-refractivity contribution < 1.29 is 24.2 Å². The van der Waals surface area contributed by atoms with E-state index in [2.05, 4.69) is 31.8 Å². The first-order chi connectivity index (χ1) is 17.2. The molecule has 3 rings (SSSR count). The zero-order valence-electron chi connectivity index (χ0n) is 22.5. The molecule has 2 aliphatic rings. The fourth-order valence-corrected chi connectivity index (χ4v) is 6.04. The number of hydrogen-bond donors (Lipinski definition) is 1. The number of phenols is 1. The molecule has 1 fully saturated rings. The molecule has 0 radical (unpaired) electrons. The summed E-state index contributed by atoms with van der Waals surface area (Å²) in [5.74, 6) is 1.63. The Hall–Kier alpha value is -2.63. The first-order valence-electron chi connectivity index (χ1n) is 13.5. The topological polar surface area (TPSA) is 85.2 Å². The molecular formula is C30H43NO5. The molecule has 1 heterocycles. The van der Waals surface area contributed by atoms with Crippen LogP contribution in [0, 0.1) is 23.7 Å². The Bertz CT molecular complexity index is 966. The van der Waals surface area contributed by atoms with Crippen molar-refractivity contribution in [2.24, 2.45) is 28.7 Å². The molecule has 1 aromatic rings. The van der Waals surface area contributed by atoms with E-state index in [4.69, 9.17) is 9.47 Å². The highest BCUT2D eigenvalue weighted by atomic mass is 16.5. The van der Waals surface area contributed by atoms with Crippen LogP contribution in [0.5, 0.6) is 11.5 Å². The summed E-state index contributed by atoms with van der Waals surface area (Å²) in [6.45, 7) is 8.65. The van der Waals surface area contributed by atoms with Crippen LogP contribution in [-0.4, -0.2) is 42.8 Å². The minimum absolute atomic E-state index is 0.000180. The number of methoxy groups -OCH3 is 1. The number of aliphatic imine (C=N–C) groups is 1. The molecule has 1 aromatic carbocycles. The van der Waals surface area contributed by atoms with E-state index in [-0.39, 0.29) is 41.7 Å². The van der Waals surface area contributed by atoms with Crippen LogP contribution in [0.2, 0.25) is 0 Å². The van der Waals surface area contributed by atoms with Crippen LogP contribution < -0.4 is 4.74 Å². The number of aromatic hydroxyl groups is 1. The summed E-state index contributed by atoms with van der Waals surface area (Å²) in [5.41, 5.74) is 2.21. The summed E-state index contributed by atoms with van der Waals surface area (Å²) in [6.07, 6.45) is 9.38. The Morgan fingerprint density at radius 3 is 2.58 bits per heavy atom. The second-order valence-corrected chi connectivity index (χ2v) is 10.9. The van der Waals surface area contributed by atoms with Crippen LogP contribution in [0.1, 0.15) is 84.1 Å². The molecular weight excluding hydrogens is 454 g/mol. The molecule has 1 aliphatic carbocycles. The predicted octanol–water partition coefficient (Wildman–Crippen LogP) is 6.26. The molecule has 6 nitrogen and oxygen atoms in total. The standard InChI is InChI=1S/C30H43NO5/c1-6-21-7-9-26(23-11-12-31-18-23)27(14-21)29(36-20(4)32)17-25(33)15-24(13-19(2)3)22-8-10-28(34)30(16-22)35-5/h8,10-11,16,18-19,21,24,26-27,29,34H,6-7,9,12-15,17H2,1-5H3/t21-,24-,26+,27-,29-/m0/s1. The van der Waals surface area contributed by atoms with Gasteiger partial charge in [-0.05, 0) is 72.6 Å². The van der Waals surface area contributed by atoms with E-state index in [1.807, 2.05) is 18.3 Å². The lowest BCUT2D eigenvalue weighted by Gasteiger charge is -2.40. The van der Waals surface area contributed by atoms with Gasteiger partial charge in [-0.15, -0.1) is 0 Å². The number of nitrogens with zero attached hydrogens (tertiary/aromatic N) is 1. The highest BCUT2D eigenvalue weighted by Gasteiger charge is 2.39. The second kappa shape index (κ2) is 13.1. The molecule has 1 saturated carbocycles. The molecule has 1 N–H and O–H groups in total. The molecule has 6 heteroatoms. The number of carbonyl (C=O) groups is 2. The SMILES string of the molecule is CC[C@H]1CC[C@H](C2=CCN=C2)[C@@H]([C@H](CC(=O)C[C@H](CC(C)C)c2ccc(O)c(OC)c2)OC(C)=O)C1. The highest BCUT2D eigenvalue weighted by molar-refractivity contribution is 5.82. The number of carbonyl (C=O) groups excluding carboxylic acids is 2. The van der Waals surface area contributed by atoms with Crippen molar-refractivity contribution in [3.63, 3.8) is 0 Å². The molecule has 36 heavy (non-hydrogen) atoms. The second-order valence-electron chi connectivity index (χ2n) is 10.9. The minimum atomic E-state index is -0.432. The van der Waals surface area contributed by atoms with Crippen LogP contribution in [0.25, 0.3) is 0 Å². The number of rotatable bonds is 12. The molecule has 0 spiro atoms. The number of allylic oxidation sites excluding steroid dienone is 1. The number of esters is 1. The Balaban J connectivity index is 1.81. The lowest BCUT2D eigenvalue weighted by Crippen LogP contribution is -2.39. The lowest BCUT2D eigenvalue weighted by molar-refractivity contribution is -0.152. The van der Waals surface area contributed by atoms with Gasteiger partial charge in [-0.2, -0.15) is 0 Å². The summed E-state index contributed by atoms with van der Waals surface area (Å²) >= 11 is 0. The zero-order valence-corrected chi connectivity index (χ0v) is 22.5. The van der Waals surface area contributed by atoms with E-state index in [9.17, 15) is 14.7 Å². The Kier molecular flexibility index (Phi) is 10.1. The smallest absolute Gasteiger partial charge is 0.302 e. The van der Waals surface area contributed by atoms with E-state index in [0.717, 1.165) is 37.7 Å². The first-order valence-corrected chi connectivity index (χ1v) is 13.5. The van der Waals surface area contributed by atoms with Gasteiger partial charge in [0.05, 0.1) is 13.7 Å². The molecule has 5 atom stereocenters. The van der Waals surface area contributed by atoms with E-state index in [0.29, 0.717) is 30.6 Å². The van der Waals surface area contributed by atoms with Crippen molar-refractivity contribution in [2.75, 3.05) is 13.7 Å². The van der Waals surface area contributed by atoms with E-state index < -0.39 is 6.10 Å². The van der Waals surface area contributed by atoms with Gasteiger partial charge in [0, 0.05) is 31.9 Å².